The first-order valence-electron chi connectivity index (χ1n) is 7.56. The van der Waals surface area contributed by atoms with Gasteiger partial charge in [-0.2, -0.15) is 0 Å². The number of nitrogens with zero attached hydrogens (tertiary/aromatic N) is 3. The Morgan fingerprint density at radius 3 is 2.75 bits per heavy atom. The van der Waals surface area contributed by atoms with Gasteiger partial charge in [0.25, 0.3) is 11.1 Å². The van der Waals surface area contributed by atoms with Crippen molar-refractivity contribution < 1.29 is 9.53 Å². The molecular weight excluding hydrogens is 322 g/mol. The molecule has 3 rings (SSSR count). The second-order valence-corrected chi connectivity index (χ2v) is 6.27. The summed E-state index contributed by atoms with van der Waals surface area (Å²) in [4.78, 5) is 22.9. The zero-order valence-electron chi connectivity index (χ0n) is 13.4. The quantitative estimate of drug-likeness (QED) is 0.692. The van der Waals surface area contributed by atoms with E-state index in [-0.39, 0.29) is 11.9 Å². The number of benzene rings is 1. The predicted molar refractivity (Wildman–Crippen MR) is 94.8 cm³/mol. The molecule has 2 heterocycles. The number of aromatic nitrogens is 2. The lowest BCUT2D eigenvalue weighted by molar-refractivity contribution is 0.0980. The van der Waals surface area contributed by atoms with Gasteiger partial charge in [0, 0.05) is 29.4 Å². The summed E-state index contributed by atoms with van der Waals surface area (Å²) < 4.78 is 5.68. The number of hydrogen-bond donors (Lipinski definition) is 0. The Morgan fingerprint density at radius 1 is 1.21 bits per heavy atom. The lowest BCUT2D eigenvalue weighted by Crippen LogP contribution is -2.37. The summed E-state index contributed by atoms with van der Waals surface area (Å²) in [6.45, 7) is 3.95. The minimum atomic E-state index is -0.0948. The molecule has 0 radical (unpaired) electrons. The van der Waals surface area contributed by atoms with E-state index in [0.29, 0.717) is 16.5 Å². The monoisotopic (exact) mass is 339 g/mol. The fourth-order valence-corrected chi connectivity index (χ4v) is 2.84. The van der Waals surface area contributed by atoms with Gasteiger partial charge in [0.05, 0.1) is 11.9 Å². The fourth-order valence-electron chi connectivity index (χ4n) is 2.34. The van der Waals surface area contributed by atoms with Crippen LogP contribution in [0.5, 0.6) is 10.9 Å². The van der Waals surface area contributed by atoms with Crippen molar-refractivity contribution in [1.82, 2.24) is 9.97 Å². The average Bonchev–Trinajstić information content (AvgIpc) is 3.09. The number of hydrogen-bond acceptors (Lipinski definition) is 5. The number of carbonyl (C=O) groups is 1. The van der Waals surface area contributed by atoms with Gasteiger partial charge in [0.1, 0.15) is 5.75 Å². The Labute approximate surface area is 144 Å². The maximum Gasteiger partial charge on any atom is 0.278 e. The van der Waals surface area contributed by atoms with Gasteiger partial charge in [0.15, 0.2) is 0 Å². The molecule has 0 N–H and O–H groups in total. The molecular formula is C18H17N3O2S. The SMILES string of the molecule is CC(C)N(C(=O)c1cccc(Oc2nccs2)c1)c1cccnc1. The van der Waals surface area contributed by atoms with E-state index in [4.69, 9.17) is 4.74 Å². The van der Waals surface area contributed by atoms with Crippen molar-refractivity contribution >= 4 is 22.9 Å². The standard InChI is InChI=1S/C18H17N3O2S/c1-13(2)21(15-6-4-8-19-12-15)17(22)14-5-3-7-16(11-14)23-18-20-9-10-24-18/h3-13H,1-2H3. The molecule has 5 nitrogen and oxygen atoms in total. The van der Waals surface area contributed by atoms with Crippen LogP contribution in [0.4, 0.5) is 5.69 Å². The summed E-state index contributed by atoms with van der Waals surface area (Å²) in [5, 5.41) is 2.39. The maximum absolute atomic E-state index is 13.0. The second-order valence-electron chi connectivity index (χ2n) is 5.41. The van der Waals surface area contributed by atoms with E-state index in [0.717, 1.165) is 5.69 Å². The molecule has 6 heteroatoms. The highest BCUT2D eigenvalue weighted by Crippen LogP contribution is 2.25. The molecule has 0 aliphatic heterocycles. The van der Waals surface area contributed by atoms with E-state index in [1.165, 1.54) is 11.3 Å². The van der Waals surface area contributed by atoms with Gasteiger partial charge in [-0.15, -0.1) is 0 Å². The molecule has 122 valence electrons. The molecule has 0 saturated heterocycles. The molecule has 1 aromatic carbocycles. The molecule has 3 aromatic rings. The number of ether oxygens (including phenoxy) is 1. The van der Waals surface area contributed by atoms with Crippen LogP contribution in [-0.4, -0.2) is 21.9 Å². The summed E-state index contributed by atoms with van der Waals surface area (Å²) in [6, 6.07) is 10.8. The number of rotatable bonds is 5. The predicted octanol–water partition coefficient (Wildman–Crippen LogP) is 4.39. The lowest BCUT2D eigenvalue weighted by atomic mass is 10.1. The summed E-state index contributed by atoms with van der Waals surface area (Å²) >= 11 is 1.40. The first kappa shape index (κ1) is 16.1. The summed E-state index contributed by atoms with van der Waals surface area (Å²) in [5.41, 5.74) is 1.32. The van der Waals surface area contributed by atoms with Crippen molar-refractivity contribution in [3.63, 3.8) is 0 Å². The van der Waals surface area contributed by atoms with Gasteiger partial charge in [0.2, 0.25) is 0 Å². The van der Waals surface area contributed by atoms with Crippen LogP contribution in [0, 0.1) is 0 Å². The Morgan fingerprint density at radius 2 is 2.08 bits per heavy atom. The van der Waals surface area contributed by atoms with Crippen LogP contribution in [0.1, 0.15) is 24.2 Å². The topological polar surface area (TPSA) is 55.3 Å². The molecule has 0 aliphatic carbocycles. The highest BCUT2D eigenvalue weighted by atomic mass is 32.1. The van der Waals surface area contributed by atoms with Crippen molar-refractivity contribution in [2.24, 2.45) is 0 Å². The Balaban J connectivity index is 1.88. The number of anilines is 1. The van der Waals surface area contributed by atoms with E-state index in [9.17, 15) is 4.79 Å². The second kappa shape index (κ2) is 7.23. The molecule has 2 aromatic heterocycles. The summed E-state index contributed by atoms with van der Waals surface area (Å²) in [5.74, 6) is 0.494. The van der Waals surface area contributed by atoms with E-state index < -0.39 is 0 Å². The molecule has 0 saturated carbocycles. The van der Waals surface area contributed by atoms with Crippen molar-refractivity contribution in [3.8, 4) is 10.9 Å². The van der Waals surface area contributed by atoms with E-state index >= 15 is 0 Å². The fraction of sp³-hybridized carbons (Fsp3) is 0.167. The molecule has 1 amide bonds. The third kappa shape index (κ3) is 3.60. The molecule has 24 heavy (non-hydrogen) atoms. The average molecular weight is 339 g/mol. The van der Waals surface area contributed by atoms with E-state index in [2.05, 4.69) is 9.97 Å². The Hall–Kier alpha value is -2.73. The Bertz CT molecular complexity index is 804. The van der Waals surface area contributed by atoms with Gasteiger partial charge in [-0.05, 0) is 44.2 Å². The summed E-state index contributed by atoms with van der Waals surface area (Å²) in [6.07, 6.45) is 5.06. The number of amides is 1. The van der Waals surface area contributed by atoms with Crippen LogP contribution in [0.25, 0.3) is 0 Å². The first-order valence-corrected chi connectivity index (χ1v) is 8.44. The van der Waals surface area contributed by atoms with Crippen LogP contribution in [0.15, 0.2) is 60.4 Å². The van der Waals surface area contributed by atoms with Crippen LogP contribution in [-0.2, 0) is 0 Å². The zero-order valence-corrected chi connectivity index (χ0v) is 14.2. The minimum absolute atomic E-state index is 0.00485. The molecule has 0 spiro atoms. The van der Waals surface area contributed by atoms with Crippen LogP contribution in [0.3, 0.4) is 0 Å². The van der Waals surface area contributed by atoms with Crippen molar-refractivity contribution in [1.29, 1.82) is 0 Å². The zero-order chi connectivity index (χ0) is 16.9. The maximum atomic E-state index is 13.0. The third-order valence-electron chi connectivity index (χ3n) is 3.36. The highest BCUT2D eigenvalue weighted by molar-refractivity contribution is 7.11. The molecule has 0 bridgehead atoms. The smallest absolute Gasteiger partial charge is 0.278 e. The van der Waals surface area contributed by atoms with Gasteiger partial charge >= 0.3 is 0 Å². The van der Waals surface area contributed by atoms with Gasteiger partial charge in [-0.3, -0.25) is 9.78 Å². The van der Waals surface area contributed by atoms with E-state index in [1.807, 2.05) is 37.4 Å². The van der Waals surface area contributed by atoms with E-state index in [1.54, 1.807) is 41.7 Å². The van der Waals surface area contributed by atoms with Crippen LogP contribution >= 0.6 is 11.3 Å². The Kier molecular flexibility index (Phi) is 4.86. The van der Waals surface area contributed by atoms with Crippen molar-refractivity contribution in [2.75, 3.05) is 4.90 Å². The molecule has 0 unspecified atom stereocenters. The largest absolute Gasteiger partial charge is 0.431 e. The van der Waals surface area contributed by atoms with Crippen molar-refractivity contribution in [2.45, 2.75) is 19.9 Å². The summed E-state index contributed by atoms with van der Waals surface area (Å²) in [7, 11) is 0. The normalized spacial score (nSPS) is 10.6. The number of pyridine rings is 1. The number of thiazole rings is 1. The highest BCUT2D eigenvalue weighted by Gasteiger charge is 2.21. The van der Waals surface area contributed by atoms with Crippen LogP contribution < -0.4 is 9.64 Å². The first-order chi connectivity index (χ1) is 11.6. The third-order valence-corrected chi connectivity index (χ3v) is 4.00. The van der Waals surface area contributed by atoms with Crippen LogP contribution in [0.2, 0.25) is 0 Å². The molecule has 0 atom stereocenters. The van der Waals surface area contributed by atoms with Gasteiger partial charge in [-0.1, -0.05) is 17.4 Å². The molecule has 0 fully saturated rings. The lowest BCUT2D eigenvalue weighted by Gasteiger charge is -2.26. The van der Waals surface area contributed by atoms with Crippen molar-refractivity contribution in [3.05, 3.63) is 65.9 Å². The van der Waals surface area contributed by atoms with Gasteiger partial charge in [-0.25, -0.2) is 4.98 Å². The number of carbonyl (C=O) groups excluding carboxylic acids is 1. The van der Waals surface area contributed by atoms with Gasteiger partial charge < -0.3 is 9.64 Å². The molecule has 0 aliphatic rings. The minimum Gasteiger partial charge on any atom is -0.431 e.